The summed E-state index contributed by atoms with van der Waals surface area (Å²) in [5.74, 6) is -0.889. The van der Waals surface area contributed by atoms with Crippen molar-refractivity contribution in [2.24, 2.45) is 5.92 Å². The highest BCUT2D eigenvalue weighted by atomic mass is 35.7. The zero-order chi connectivity index (χ0) is 15.8. The summed E-state index contributed by atoms with van der Waals surface area (Å²) in [5.41, 5.74) is 0.164. The van der Waals surface area contributed by atoms with Crippen molar-refractivity contribution in [1.29, 1.82) is 0 Å². The lowest BCUT2D eigenvalue weighted by Gasteiger charge is -2.31. The molecule has 1 amide bonds. The molecule has 21 heavy (non-hydrogen) atoms. The van der Waals surface area contributed by atoms with Crippen molar-refractivity contribution in [3.8, 4) is 0 Å². The van der Waals surface area contributed by atoms with E-state index in [1.165, 1.54) is 13.0 Å². The number of halogens is 2. The zero-order valence-corrected chi connectivity index (χ0v) is 13.4. The van der Waals surface area contributed by atoms with Gasteiger partial charge in [-0.05, 0) is 50.3 Å². The van der Waals surface area contributed by atoms with Crippen LogP contribution < -0.4 is 5.32 Å². The number of carbonyl (C=O) groups is 1. The van der Waals surface area contributed by atoms with Gasteiger partial charge in [0.05, 0.1) is 0 Å². The third-order valence-electron chi connectivity index (χ3n) is 3.96. The van der Waals surface area contributed by atoms with Gasteiger partial charge < -0.3 is 5.32 Å². The second-order valence-corrected chi connectivity index (χ2v) is 8.03. The Morgan fingerprint density at radius 3 is 2.52 bits per heavy atom. The lowest BCUT2D eigenvalue weighted by atomic mass is 9.80. The predicted octanol–water partition coefficient (Wildman–Crippen LogP) is 2.98. The Labute approximate surface area is 128 Å². The minimum absolute atomic E-state index is 0.00710. The van der Waals surface area contributed by atoms with E-state index >= 15 is 0 Å². The number of hydrogen-bond donors (Lipinski definition) is 1. The molecular formula is C14H17ClFNO3S. The van der Waals surface area contributed by atoms with Crippen LogP contribution in [0.25, 0.3) is 0 Å². The van der Waals surface area contributed by atoms with E-state index in [1.54, 1.807) is 0 Å². The van der Waals surface area contributed by atoms with Crippen LogP contribution in [0.4, 0.5) is 4.39 Å². The third kappa shape index (κ3) is 3.55. The average molecular weight is 334 g/mol. The molecule has 1 unspecified atom stereocenters. The zero-order valence-electron chi connectivity index (χ0n) is 11.8. The summed E-state index contributed by atoms with van der Waals surface area (Å²) in [6.45, 7) is 3.31. The number of aryl methyl sites for hydroxylation is 1. The van der Waals surface area contributed by atoms with Gasteiger partial charge in [-0.1, -0.05) is 6.42 Å². The van der Waals surface area contributed by atoms with Crippen molar-refractivity contribution in [3.05, 3.63) is 29.1 Å². The van der Waals surface area contributed by atoms with Crippen LogP contribution >= 0.6 is 10.7 Å². The molecule has 0 heterocycles. The van der Waals surface area contributed by atoms with E-state index in [4.69, 9.17) is 10.7 Å². The highest BCUT2D eigenvalue weighted by Crippen LogP contribution is 2.29. The standard InChI is InChI=1S/C14H17ClFNO3S/c1-8-6-11(7-12(13(8)16)21(15,19)20)14(18)17-9(2)10-4-3-5-10/h6-7,9-10H,3-5H2,1-2H3,(H,17,18). The van der Waals surface area contributed by atoms with Crippen LogP contribution in [0.15, 0.2) is 17.0 Å². The van der Waals surface area contributed by atoms with Crippen molar-refractivity contribution in [2.45, 2.75) is 44.0 Å². The largest absolute Gasteiger partial charge is 0.349 e. The average Bonchev–Trinajstić information content (AvgIpc) is 2.28. The lowest BCUT2D eigenvalue weighted by molar-refractivity contribution is 0.0909. The van der Waals surface area contributed by atoms with E-state index in [-0.39, 0.29) is 17.2 Å². The summed E-state index contributed by atoms with van der Waals surface area (Å²) in [6.07, 6.45) is 3.31. The highest BCUT2D eigenvalue weighted by molar-refractivity contribution is 8.13. The fraction of sp³-hybridized carbons (Fsp3) is 0.500. The Balaban J connectivity index is 2.27. The maximum Gasteiger partial charge on any atom is 0.264 e. The van der Waals surface area contributed by atoms with Gasteiger partial charge in [-0.25, -0.2) is 12.8 Å². The minimum atomic E-state index is -4.23. The molecule has 2 rings (SSSR count). The van der Waals surface area contributed by atoms with E-state index in [1.807, 2.05) is 6.92 Å². The predicted molar refractivity (Wildman–Crippen MR) is 78.4 cm³/mol. The highest BCUT2D eigenvalue weighted by Gasteiger charge is 2.26. The van der Waals surface area contributed by atoms with Gasteiger partial charge in [0.15, 0.2) is 0 Å². The molecule has 116 valence electrons. The van der Waals surface area contributed by atoms with Crippen LogP contribution in [-0.4, -0.2) is 20.4 Å². The van der Waals surface area contributed by atoms with Gasteiger partial charge in [-0.3, -0.25) is 4.79 Å². The Bertz CT molecular complexity index is 671. The molecule has 7 heteroatoms. The van der Waals surface area contributed by atoms with E-state index < -0.39 is 25.7 Å². The topological polar surface area (TPSA) is 63.2 Å². The molecule has 0 aliphatic heterocycles. The molecule has 1 saturated carbocycles. The first kappa shape index (κ1) is 16.2. The lowest BCUT2D eigenvalue weighted by Crippen LogP contribution is -2.40. The van der Waals surface area contributed by atoms with Crippen molar-refractivity contribution < 1.29 is 17.6 Å². The molecule has 1 N–H and O–H groups in total. The molecular weight excluding hydrogens is 317 g/mol. The number of nitrogens with one attached hydrogen (secondary N) is 1. The van der Waals surface area contributed by atoms with E-state index in [0.29, 0.717) is 5.92 Å². The molecule has 4 nitrogen and oxygen atoms in total. The summed E-state index contributed by atoms with van der Waals surface area (Å²) in [4.78, 5) is 11.5. The Hall–Kier alpha value is -1.14. The van der Waals surface area contributed by atoms with Crippen LogP contribution in [0.5, 0.6) is 0 Å². The Kier molecular flexibility index (Phi) is 4.58. The number of rotatable bonds is 4. The van der Waals surface area contributed by atoms with E-state index in [0.717, 1.165) is 25.3 Å². The number of benzene rings is 1. The molecule has 1 aromatic rings. The first-order chi connectivity index (χ1) is 9.70. The SMILES string of the molecule is Cc1cc(C(=O)NC(C)C2CCC2)cc(S(=O)(=O)Cl)c1F. The summed E-state index contributed by atoms with van der Waals surface area (Å²) in [7, 11) is 0.968. The molecule has 0 aromatic heterocycles. The minimum Gasteiger partial charge on any atom is -0.349 e. The fourth-order valence-electron chi connectivity index (χ4n) is 2.39. The first-order valence-electron chi connectivity index (χ1n) is 6.76. The first-order valence-corrected chi connectivity index (χ1v) is 9.06. The second-order valence-electron chi connectivity index (χ2n) is 5.50. The Morgan fingerprint density at radius 1 is 1.43 bits per heavy atom. The van der Waals surface area contributed by atoms with Gasteiger partial charge in [-0.2, -0.15) is 0 Å². The van der Waals surface area contributed by atoms with Gasteiger partial charge >= 0.3 is 0 Å². The molecule has 1 fully saturated rings. The van der Waals surface area contributed by atoms with Crippen LogP contribution in [-0.2, 0) is 9.05 Å². The van der Waals surface area contributed by atoms with E-state index in [9.17, 15) is 17.6 Å². The molecule has 1 atom stereocenters. The van der Waals surface area contributed by atoms with Gasteiger partial charge in [0.25, 0.3) is 15.0 Å². The monoisotopic (exact) mass is 333 g/mol. The molecule has 0 spiro atoms. The van der Waals surface area contributed by atoms with Crippen LogP contribution in [0.2, 0.25) is 0 Å². The van der Waals surface area contributed by atoms with Crippen LogP contribution in [0.3, 0.4) is 0 Å². The Morgan fingerprint density at radius 2 is 2.05 bits per heavy atom. The molecule has 1 aromatic carbocycles. The molecule has 0 saturated heterocycles. The van der Waals surface area contributed by atoms with Crippen molar-refractivity contribution in [1.82, 2.24) is 5.32 Å². The number of carbonyl (C=O) groups excluding carboxylic acids is 1. The van der Waals surface area contributed by atoms with E-state index in [2.05, 4.69) is 5.32 Å². The summed E-state index contributed by atoms with van der Waals surface area (Å²) in [6, 6.07) is 2.31. The van der Waals surface area contributed by atoms with Gasteiger partial charge in [0, 0.05) is 22.3 Å². The van der Waals surface area contributed by atoms with Gasteiger partial charge in [-0.15, -0.1) is 0 Å². The molecule has 0 radical (unpaired) electrons. The fourth-order valence-corrected chi connectivity index (χ4v) is 3.37. The van der Waals surface area contributed by atoms with Crippen molar-refractivity contribution in [3.63, 3.8) is 0 Å². The third-order valence-corrected chi connectivity index (χ3v) is 5.28. The molecule has 1 aliphatic carbocycles. The maximum absolute atomic E-state index is 13.8. The van der Waals surface area contributed by atoms with Crippen molar-refractivity contribution >= 4 is 25.6 Å². The summed E-state index contributed by atoms with van der Waals surface area (Å²) in [5, 5.41) is 2.82. The van der Waals surface area contributed by atoms with Gasteiger partial charge in [0.2, 0.25) is 0 Å². The normalized spacial score (nSPS) is 17.1. The second kappa shape index (κ2) is 5.93. The van der Waals surface area contributed by atoms with Crippen LogP contribution in [0.1, 0.15) is 42.1 Å². The quantitative estimate of drug-likeness (QED) is 0.862. The summed E-state index contributed by atoms with van der Waals surface area (Å²) >= 11 is 0. The molecule has 0 bridgehead atoms. The number of hydrogen-bond acceptors (Lipinski definition) is 3. The molecule has 1 aliphatic rings. The maximum atomic E-state index is 13.8. The van der Waals surface area contributed by atoms with Crippen LogP contribution in [0, 0.1) is 18.7 Å². The van der Waals surface area contributed by atoms with Gasteiger partial charge in [0.1, 0.15) is 10.7 Å². The van der Waals surface area contributed by atoms with Crippen molar-refractivity contribution in [2.75, 3.05) is 0 Å². The smallest absolute Gasteiger partial charge is 0.264 e. The number of amides is 1. The summed E-state index contributed by atoms with van der Waals surface area (Å²) < 4.78 is 36.5.